The molecule has 3 aromatic rings. The third-order valence-corrected chi connectivity index (χ3v) is 9.44. The molecule has 2 saturated carbocycles. The van der Waals surface area contributed by atoms with Gasteiger partial charge in [0.05, 0.1) is 5.41 Å². The highest BCUT2D eigenvalue weighted by atomic mass is 79.9. The van der Waals surface area contributed by atoms with E-state index >= 15 is 0 Å². The number of pyridine rings is 1. The van der Waals surface area contributed by atoms with Crippen LogP contribution in [0.2, 0.25) is 0 Å². The quantitative estimate of drug-likeness (QED) is 0.294. The van der Waals surface area contributed by atoms with Crippen LogP contribution in [0.3, 0.4) is 0 Å². The normalized spacial score (nSPS) is 21.1. The van der Waals surface area contributed by atoms with E-state index in [9.17, 15) is 14.7 Å². The zero-order chi connectivity index (χ0) is 26.3. The van der Waals surface area contributed by atoms with E-state index in [-0.39, 0.29) is 12.2 Å². The van der Waals surface area contributed by atoms with Crippen LogP contribution >= 0.6 is 31.9 Å². The Labute approximate surface area is 233 Å². The molecule has 2 aliphatic carbocycles. The maximum absolute atomic E-state index is 12.7. The zero-order valence-corrected chi connectivity index (χ0v) is 24.3. The third-order valence-electron chi connectivity index (χ3n) is 7.70. The molecule has 0 bridgehead atoms. The van der Waals surface area contributed by atoms with Gasteiger partial charge in [0.1, 0.15) is 10.5 Å². The Bertz CT molecular complexity index is 1370. The molecule has 1 N–H and O–H groups in total. The van der Waals surface area contributed by atoms with Crippen LogP contribution in [0.5, 0.6) is 0 Å². The molecule has 2 aromatic heterocycles. The fourth-order valence-electron chi connectivity index (χ4n) is 5.84. The van der Waals surface area contributed by atoms with Gasteiger partial charge in [-0.15, -0.1) is 0 Å². The predicted octanol–water partition coefficient (Wildman–Crippen LogP) is 6.72. The number of hydrogen-bond donors (Lipinski definition) is 1. The van der Waals surface area contributed by atoms with Gasteiger partial charge in [0.25, 0.3) is 0 Å². The highest BCUT2D eigenvalue weighted by molar-refractivity contribution is 9.10. The Morgan fingerprint density at radius 2 is 1.86 bits per heavy atom. The predicted molar refractivity (Wildman–Crippen MR) is 153 cm³/mol. The first-order chi connectivity index (χ1) is 17.7. The number of Topliss-reactive ketones (excluding diaryl/α,β-unsaturated/α-hetero) is 1. The van der Waals surface area contributed by atoms with E-state index in [0.29, 0.717) is 5.92 Å². The van der Waals surface area contributed by atoms with Crippen molar-refractivity contribution in [2.75, 3.05) is 0 Å². The fourth-order valence-corrected chi connectivity index (χ4v) is 7.48. The van der Waals surface area contributed by atoms with Crippen molar-refractivity contribution in [2.45, 2.75) is 69.7 Å². The topological polar surface area (TPSA) is 84.5 Å². The number of aliphatic carboxylic acids is 1. The molecule has 2 aliphatic rings. The summed E-state index contributed by atoms with van der Waals surface area (Å²) in [6.45, 7) is 4.40. The van der Waals surface area contributed by atoms with Crippen LogP contribution in [-0.4, -0.2) is 43.0 Å². The summed E-state index contributed by atoms with van der Waals surface area (Å²) in [7, 11) is 0. The molecule has 0 amide bonds. The maximum Gasteiger partial charge on any atom is 0.328 e. The molecule has 37 heavy (non-hydrogen) atoms. The molecule has 0 aliphatic heterocycles. The summed E-state index contributed by atoms with van der Waals surface area (Å²) < 4.78 is 3.24. The Morgan fingerprint density at radius 3 is 2.51 bits per heavy atom. The molecule has 0 saturated heterocycles. The van der Waals surface area contributed by atoms with Gasteiger partial charge in [0, 0.05) is 39.6 Å². The second-order valence-electron chi connectivity index (χ2n) is 10.7. The fraction of sp³-hybridized carbons (Fsp3) is 0.448. The van der Waals surface area contributed by atoms with Crippen molar-refractivity contribution in [2.24, 2.45) is 16.3 Å². The van der Waals surface area contributed by atoms with Gasteiger partial charge in [-0.25, -0.2) is 9.78 Å². The Morgan fingerprint density at radius 1 is 1.16 bits per heavy atom. The molecular formula is C29H31Br2N3O3. The van der Waals surface area contributed by atoms with E-state index in [1.165, 1.54) is 5.69 Å². The number of ketones is 1. The molecule has 5 rings (SSSR count). The summed E-state index contributed by atoms with van der Waals surface area (Å²) in [5, 5.41) is 11.1. The molecule has 2 atom stereocenters. The highest BCUT2D eigenvalue weighted by Gasteiger charge is 2.58. The number of nitrogens with zero attached hydrogens (tertiary/aromatic N) is 3. The lowest BCUT2D eigenvalue weighted by Gasteiger charge is -2.47. The van der Waals surface area contributed by atoms with Gasteiger partial charge >= 0.3 is 5.97 Å². The number of carboxylic acid groups (broad SMARTS) is 1. The largest absolute Gasteiger partial charge is 0.480 e. The first-order valence-corrected chi connectivity index (χ1v) is 14.7. The molecule has 1 unspecified atom stereocenters. The molecule has 194 valence electrons. The molecule has 0 radical (unpaired) electrons. The average Bonchev–Trinajstić information content (AvgIpc) is 3.17. The van der Waals surface area contributed by atoms with Crippen molar-refractivity contribution in [1.82, 2.24) is 9.55 Å². The summed E-state index contributed by atoms with van der Waals surface area (Å²) in [4.78, 5) is 33.8. The van der Waals surface area contributed by atoms with Crippen molar-refractivity contribution in [3.05, 3.63) is 58.3 Å². The number of aromatic nitrogens is 2. The molecule has 1 spiro atoms. The van der Waals surface area contributed by atoms with Gasteiger partial charge in [0.2, 0.25) is 0 Å². The SMILES string of the molecule is CC(C)Cc1c(Br)c2cccnc2n1-c1ccc(C[C@H](N=C2C(Br)C(=O)C23CCCCC3)C(=O)O)cc1. The number of halogens is 2. The monoisotopic (exact) mass is 627 g/mol. The van der Waals surface area contributed by atoms with Crippen LogP contribution in [-0.2, 0) is 22.4 Å². The zero-order valence-electron chi connectivity index (χ0n) is 21.1. The van der Waals surface area contributed by atoms with E-state index in [1.54, 1.807) is 6.20 Å². The Kier molecular flexibility index (Phi) is 7.42. The lowest BCUT2D eigenvalue weighted by molar-refractivity contribution is -0.138. The first kappa shape index (κ1) is 26.3. The van der Waals surface area contributed by atoms with E-state index < -0.39 is 22.3 Å². The van der Waals surface area contributed by atoms with Crippen LogP contribution in [0.15, 0.2) is 52.1 Å². The van der Waals surface area contributed by atoms with Crippen LogP contribution in [0.1, 0.15) is 57.2 Å². The Hall–Kier alpha value is -2.32. The van der Waals surface area contributed by atoms with Gasteiger partial charge in [-0.2, -0.15) is 0 Å². The number of carboxylic acids is 1. The lowest BCUT2D eigenvalue weighted by atomic mass is 9.58. The number of carbonyl (C=O) groups excluding carboxylic acids is 1. The summed E-state index contributed by atoms with van der Waals surface area (Å²) >= 11 is 7.26. The van der Waals surface area contributed by atoms with Crippen molar-refractivity contribution in [1.29, 1.82) is 0 Å². The number of benzene rings is 1. The number of alkyl halides is 1. The Balaban J connectivity index is 1.44. The van der Waals surface area contributed by atoms with Gasteiger partial charge in [-0.1, -0.05) is 61.2 Å². The smallest absolute Gasteiger partial charge is 0.328 e. The molecule has 1 aromatic carbocycles. The van der Waals surface area contributed by atoms with Gasteiger partial charge in [-0.05, 0) is 70.9 Å². The van der Waals surface area contributed by atoms with Crippen LogP contribution < -0.4 is 0 Å². The summed E-state index contributed by atoms with van der Waals surface area (Å²) in [6, 6.07) is 11.1. The first-order valence-electron chi connectivity index (χ1n) is 13.0. The van der Waals surface area contributed by atoms with E-state index in [0.717, 1.165) is 71.0 Å². The number of fused-ring (bicyclic) bond motifs is 1. The van der Waals surface area contributed by atoms with Crippen molar-refractivity contribution < 1.29 is 14.7 Å². The molecule has 2 fully saturated rings. The number of carbonyl (C=O) groups is 2. The number of hydrogen-bond acceptors (Lipinski definition) is 4. The second kappa shape index (κ2) is 10.4. The average molecular weight is 629 g/mol. The maximum atomic E-state index is 12.7. The van der Waals surface area contributed by atoms with Crippen molar-refractivity contribution in [3.8, 4) is 5.69 Å². The molecular weight excluding hydrogens is 598 g/mol. The number of rotatable bonds is 7. The van der Waals surface area contributed by atoms with Crippen molar-refractivity contribution in [3.63, 3.8) is 0 Å². The lowest BCUT2D eigenvalue weighted by Crippen LogP contribution is -2.61. The van der Waals surface area contributed by atoms with E-state index in [2.05, 4.69) is 66.3 Å². The van der Waals surface area contributed by atoms with E-state index in [4.69, 9.17) is 0 Å². The minimum atomic E-state index is -0.967. The number of aliphatic imine (C=N–C) groups is 1. The second-order valence-corrected chi connectivity index (χ2v) is 12.4. The van der Waals surface area contributed by atoms with E-state index in [1.807, 2.05) is 30.3 Å². The van der Waals surface area contributed by atoms with Crippen molar-refractivity contribution >= 4 is 60.4 Å². The molecule has 8 heteroatoms. The van der Waals surface area contributed by atoms with Crippen LogP contribution in [0.4, 0.5) is 0 Å². The summed E-state index contributed by atoms with van der Waals surface area (Å²) in [5.41, 5.74) is 4.12. The highest BCUT2D eigenvalue weighted by Crippen LogP contribution is 2.49. The van der Waals surface area contributed by atoms with Gasteiger partial charge < -0.3 is 5.11 Å². The minimum absolute atomic E-state index is 0.162. The van der Waals surface area contributed by atoms with Gasteiger partial charge in [0.15, 0.2) is 11.8 Å². The summed E-state index contributed by atoms with van der Waals surface area (Å²) in [5.74, 6) is -0.334. The molecule has 2 heterocycles. The van der Waals surface area contributed by atoms with Gasteiger partial charge in [-0.3, -0.25) is 14.4 Å². The van der Waals surface area contributed by atoms with Crippen LogP contribution in [0.25, 0.3) is 16.7 Å². The molecule has 6 nitrogen and oxygen atoms in total. The minimum Gasteiger partial charge on any atom is -0.480 e. The summed E-state index contributed by atoms with van der Waals surface area (Å²) in [6.07, 6.45) is 7.62. The standard InChI is InChI=1S/C29H31Br2N3O3/c1-17(2)15-22-23(30)20-7-6-14-32-27(20)34(22)19-10-8-18(9-11-19)16-21(28(36)37)33-25-24(31)26(35)29(25)12-4-3-5-13-29/h6-11,14,17,21,24H,3-5,12-13,15-16H2,1-2H3,(H,36,37)/t21-,24?/m0/s1. The third kappa shape index (κ3) is 4.71. The van der Waals surface area contributed by atoms with Crippen LogP contribution in [0, 0.1) is 11.3 Å².